The van der Waals surface area contributed by atoms with Gasteiger partial charge in [-0.3, -0.25) is 0 Å². The lowest BCUT2D eigenvalue weighted by atomic mass is 10.00. The van der Waals surface area contributed by atoms with E-state index < -0.39 is 0 Å². The normalized spacial score (nSPS) is 11.3. The van der Waals surface area contributed by atoms with E-state index >= 15 is 0 Å². The molecule has 8 aromatic rings. The molecule has 0 N–H and O–H groups in total. The molecule has 216 valence electrons. The summed E-state index contributed by atoms with van der Waals surface area (Å²) in [7, 11) is 0. The van der Waals surface area contributed by atoms with Crippen LogP contribution in [0.25, 0.3) is 32.7 Å². The third-order valence-electron chi connectivity index (χ3n) is 8.49. The van der Waals surface area contributed by atoms with Crippen LogP contribution < -0.4 is 9.80 Å². The highest BCUT2D eigenvalue weighted by molar-refractivity contribution is 6.23. The van der Waals surface area contributed by atoms with Gasteiger partial charge in [0.2, 0.25) is 0 Å². The highest BCUT2D eigenvalue weighted by Gasteiger charge is 2.21. The fourth-order valence-electron chi connectivity index (χ4n) is 6.50. The molecule has 8 rings (SSSR count). The molecule has 3 heteroatoms. The van der Waals surface area contributed by atoms with Crippen LogP contribution in [-0.2, 0) is 0 Å². The van der Waals surface area contributed by atoms with E-state index in [0.29, 0.717) is 0 Å². The summed E-state index contributed by atoms with van der Waals surface area (Å²) in [6, 6.07) is 55.9. The second-order valence-electron chi connectivity index (χ2n) is 11.6. The zero-order chi connectivity index (χ0) is 30.3. The Kier molecular flexibility index (Phi) is 6.57. The monoisotopic (exact) mass is 580 g/mol. The number of furan rings is 1. The maximum Gasteiger partial charge on any atom is 0.138 e. The first-order valence-electron chi connectivity index (χ1n) is 15.4. The highest BCUT2D eigenvalue weighted by Crippen LogP contribution is 2.46. The Bertz CT molecular complexity index is 2300. The molecule has 0 atom stereocenters. The van der Waals surface area contributed by atoms with Crippen molar-refractivity contribution in [3.63, 3.8) is 0 Å². The number of aryl methyl sites for hydroxylation is 2. The van der Waals surface area contributed by atoms with Crippen LogP contribution in [0.5, 0.6) is 0 Å². The van der Waals surface area contributed by atoms with Crippen molar-refractivity contribution in [1.29, 1.82) is 0 Å². The number of fused-ring (bicyclic) bond motifs is 5. The van der Waals surface area contributed by atoms with Gasteiger partial charge in [-0.15, -0.1) is 0 Å². The molecule has 0 aliphatic heterocycles. The van der Waals surface area contributed by atoms with Crippen LogP contribution in [0, 0.1) is 13.8 Å². The maximum absolute atomic E-state index is 6.67. The van der Waals surface area contributed by atoms with Gasteiger partial charge in [-0.2, -0.15) is 0 Å². The molecule has 0 radical (unpaired) electrons. The van der Waals surface area contributed by atoms with Crippen molar-refractivity contribution in [3.8, 4) is 0 Å². The average molecular weight is 581 g/mol. The minimum atomic E-state index is 0.867. The molecule has 0 bridgehead atoms. The van der Waals surface area contributed by atoms with Gasteiger partial charge >= 0.3 is 0 Å². The minimum absolute atomic E-state index is 0.867. The summed E-state index contributed by atoms with van der Waals surface area (Å²) >= 11 is 0. The summed E-state index contributed by atoms with van der Waals surface area (Å²) < 4.78 is 6.67. The lowest BCUT2D eigenvalue weighted by molar-refractivity contribution is 0.669. The molecule has 7 aromatic carbocycles. The molecule has 0 saturated carbocycles. The third-order valence-corrected chi connectivity index (χ3v) is 8.49. The van der Waals surface area contributed by atoms with Crippen LogP contribution in [0.2, 0.25) is 0 Å². The summed E-state index contributed by atoms with van der Waals surface area (Å²) in [5, 5.41) is 4.56. The molecular weight excluding hydrogens is 548 g/mol. The molecule has 1 heterocycles. The predicted octanol–water partition coefficient (Wildman–Crippen LogP) is 12.3. The Morgan fingerprint density at radius 3 is 1.56 bits per heavy atom. The number of anilines is 6. The lowest BCUT2D eigenvalue weighted by Gasteiger charge is -2.27. The van der Waals surface area contributed by atoms with Gasteiger partial charge in [-0.25, -0.2) is 0 Å². The first-order valence-corrected chi connectivity index (χ1v) is 15.4. The molecular formula is C42H32N2O. The zero-order valence-corrected chi connectivity index (χ0v) is 25.3. The summed E-state index contributed by atoms with van der Waals surface area (Å²) in [5.41, 5.74) is 10.8. The van der Waals surface area contributed by atoms with E-state index in [1.165, 1.54) is 16.5 Å². The molecule has 0 spiro atoms. The standard InChI is InChI=1S/C42H32N2O/c1-29-13-11-19-33(25-29)43(31-15-5-3-6-16-31)35-23-24-40-38(27-35)42-37-22-10-9-21-36(37)39(28-41(42)45-40)44(32-17-7-4-8-18-32)34-20-12-14-30(2)26-34/h3-28H,1-2H3. The smallest absolute Gasteiger partial charge is 0.138 e. The van der Waals surface area contributed by atoms with Gasteiger partial charge in [-0.1, -0.05) is 84.9 Å². The van der Waals surface area contributed by atoms with Gasteiger partial charge in [0, 0.05) is 50.7 Å². The van der Waals surface area contributed by atoms with Gasteiger partial charge in [0.05, 0.1) is 5.69 Å². The van der Waals surface area contributed by atoms with Crippen LogP contribution in [-0.4, -0.2) is 0 Å². The number of nitrogens with zero attached hydrogens (tertiary/aromatic N) is 2. The fraction of sp³-hybridized carbons (Fsp3) is 0.0476. The SMILES string of the molecule is Cc1cccc(N(c2ccccc2)c2ccc3oc4cc(N(c5ccccc5)c5cccc(C)c5)c5ccccc5c4c3c2)c1. The Hall–Kier alpha value is -5.80. The van der Waals surface area contributed by atoms with Crippen molar-refractivity contribution in [2.45, 2.75) is 13.8 Å². The Morgan fingerprint density at radius 1 is 0.378 bits per heavy atom. The van der Waals surface area contributed by atoms with Crippen molar-refractivity contribution in [2.75, 3.05) is 9.80 Å². The molecule has 0 amide bonds. The molecule has 45 heavy (non-hydrogen) atoms. The van der Waals surface area contributed by atoms with Gasteiger partial charge in [0.25, 0.3) is 0 Å². The van der Waals surface area contributed by atoms with E-state index in [9.17, 15) is 0 Å². The topological polar surface area (TPSA) is 19.6 Å². The van der Waals surface area contributed by atoms with Crippen LogP contribution >= 0.6 is 0 Å². The lowest BCUT2D eigenvalue weighted by Crippen LogP contribution is -2.10. The van der Waals surface area contributed by atoms with E-state index in [2.05, 4.69) is 181 Å². The summed E-state index contributed by atoms with van der Waals surface area (Å²) in [4.78, 5) is 4.65. The number of rotatable bonds is 6. The Morgan fingerprint density at radius 2 is 0.911 bits per heavy atom. The van der Waals surface area contributed by atoms with Gasteiger partial charge in [0.1, 0.15) is 11.2 Å². The summed E-state index contributed by atoms with van der Waals surface area (Å²) in [5.74, 6) is 0. The molecule has 0 aliphatic carbocycles. The molecule has 1 aromatic heterocycles. The summed E-state index contributed by atoms with van der Waals surface area (Å²) in [6.45, 7) is 4.28. The zero-order valence-electron chi connectivity index (χ0n) is 25.3. The quantitative estimate of drug-likeness (QED) is 0.195. The highest BCUT2D eigenvalue weighted by atomic mass is 16.3. The van der Waals surface area contributed by atoms with Crippen LogP contribution in [0.15, 0.2) is 162 Å². The van der Waals surface area contributed by atoms with Crippen molar-refractivity contribution < 1.29 is 4.42 Å². The van der Waals surface area contributed by atoms with Crippen molar-refractivity contribution in [3.05, 3.63) is 169 Å². The van der Waals surface area contributed by atoms with E-state index in [1.54, 1.807) is 0 Å². The van der Waals surface area contributed by atoms with E-state index in [-0.39, 0.29) is 0 Å². The van der Waals surface area contributed by atoms with E-state index in [1.807, 2.05) is 0 Å². The van der Waals surface area contributed by atoms with Gasteiger partial charge in [0.15, 0.2) is 0 Å². The molecule has 0 saturated heterocycles. The minimum Gasteiger partial charge on any atom is -0.456 e. The van der Waals surface area contributed by atoms with Crippen molar-refractivity contribution in [1.82, 2.24) is 0 Å². The van der Waals surface area contributed by atoms with Gasteiger partial charge in [-0.05, 0) is 97.1 Å². The number of hydrogen-bond donors (Lipinski definition) is 0. The van der Waals surface area contributed by atoms with Crippen LogP contribution in [0.4, 0.5) is 34.1 Å². The van der Waals surface area contributed by atoms with Crippen LogP contribution in [0.1, 0.15) is 11.1 Å². The molecule has 0 aliphatic rings. The molecule has 0 fully saturated rings. The molecule has 3 nitrogen and oxygen atoms in total. The second-order valence-corrected chi connectivity index (χ2v) is 11.6. The second kappa shape index (κ2) is 11.0. The average Bonchev–Trinajstić information content (AvgIpc) is 3.44. The fourth-order valence-corrected chi connectivity index (χ4v) is 6.50. The van der Waals surface area contributed by atoms with Crippen molar-refractivity contribution in [2.24, 2.45) is 0 Å². The first kappa shape index (κ1) is 26.8. The number of para-hydroxylation sites is 2. The van der Waals surface area contributed by atoms with Crippen LogP contribution in [0.3, 0.4) is 0 Å². The number of hydrogen-bond acceptors (Lipinski definition) is 3. The first-order chi connectivity index (χ1) is 22.1. The van der Waals surface area contributed by atoms with E-state index in [4.69, 9.17) is 4.42 Å². The maximum atomic E-state index is 6.67. The van der Waals surface area contributed by atoms with Crippen molar-refractivity contribution >= 4 is 66.8 Å². The van der Waals surface area contributed by atoms with E-state index in [0.717, 1.165) is 61.4 Å². The summed E-state index contributed by atoms with van der Waals surface area (Å²) in [6.07, 6.45) is 0. The Balaban J connectivity index is 1.38. The molecule has 0 unspecified atom stereocenters. The largest absolute Gasteiger partial charge is 0.456 e. The predicted molar refractivity (Wildman–Crippen MR) is 190 cm³/mol. The van der Waals surface area contributed by atoms with Gasteiger partial charge < -0.3 is 14.2 Å². The number of benzene rings is 7. The third kappa shape index (κ3) is 4.79. The Labute approximate surface area is 263 Å².